The zero-order chi connectivity index (χ0) is 20.9. The van der Waals surface area contributed by atoms with Crippen molar-refractivity contribution >= 4 is 38.6 Å². The van der Waals surface area contributed by atoms with Gasteiger partial charge >= 0.3 is 0 Å². The van der Waals surface area contributed by atoms with Gasteiger partial charge in [-0.25, -0.2) is 0 Å². The van der Waals surface area contributed by atoms with Gasteiger partial charge in [0.2, 0.25) is 0 Å². The zero-order valence-electron chi connectivity index (χ0n) is 17.8. The summed E-state index contributed by atoms with van der Waals surface area (Å²) in [6.45, 7) is 6.15. The SMILES string of the molecule is CC.Cc1cccc(N(c2cccc3ccccc23)c2cccc3ccccc23)c1. The third kappa shape index (κ3) is 3.67. The first-order valence-electron chi connectivity index (χ1n) is 10.6. The zero-order valence-corrected chi connectivity index (χ0v) is 17.8. The smallest absolute Gasteiger partial charge is 0.0540 e. The number of hydrogen-bond donors (Lipinski definition) is 0. The van der Waals surface area contributed by atoms with Crippen molar-refractivity contribution < 1.29 is 0 Å². The molecule has 5 aromatic carbocycles. The van der Waals surface area contributed by atoms with Crippen LogP contribution in [0.25, 0.3) is 21.5 Å². The first-order chi connectivity index (χ1) is 14.8. The van der Waals surface area contributed by atoms with Crippen molar-refractivity contribution in [1.29, 1.82) is 0 Å². The Morgan fingerprint density at radius 2 is 0.967 bits per heavy atom. The van der Waals surface area contributed by atoms with Crippen LogP contribution >= 0.6 is 0 Å². The number of hydrogen-bond acceptors (Lipinski definition) is 1. The molecule has 0 saturated heterocycles. The molecule has 0 aliphatic carbocycles. The van der Waals surface area contributed by atoms with Crippen LogP contribution in [0.2, 0.25) is 0 Å². The molecule has 0 radical (unpaired) electrons. The van der Waals surface area contributed by atoms with E-state index in [1.807, 2.05) is 13.8 Å². The Morgan fingerprint density at radius 3 is 1.50 bits per heavy atom. The third-order valence-electron chi connectivity index (χ3n) is 5.27. The summed E-state index contributed by atoms with van der Waals surface area (Å²) in [4.78, 5) is 2.39. The molecule has 1 heteroatoms. The maximum atomic E-state index is 2.39. The minimum absolute atomic E-state index is 1.17. The van der Waals surface area contributed by atoms with Crippen molar-refractivity contribution in [3.05, 3.63) is 115 Å². The van der Waals surface area contributed by atoms with Crippen molar-refractivity contribution in [2.75, 3.05) is 4.90 Å². The molecule has 0 amide bonds. The Labute approximate surface area is 179 Å². The largest absolute Gasteiger partial charge is 0.309 e. The lowest BCUT2D eigenvalue weighted by atomic mass is 10.0. The molecule has 0 N–H and O–H groups in total. The molecule has 0 heterocycles. The number of benzene rings is 5. The van der Waals surface area contributed by atoms with Crippen LogP contribution in [0.4, 0.5) is 17.1 Å². The van der Waals surface area contributed by atoms with E-state index in [9.17, 15) is 0 Å². The summed E-state index contributed by atoms with van der Waals surface area (Å²) in [7, 11) is 0. The minimum Gasteiger partial charge on any atom is -0.309 e. The number of aryl methyl sites for hydroxylation is 1. The maximum Gasteiger partial charge on any atom is 0.0540 e. The monoisotopic (exact) mass is 389 g/mol. The molecule has 0 saturated carbocycles. The lowest BCUT2D eigenvalue weighted by molar-refractivity contribution is 1.30. The van der Waals surface area contributed by atoms with Gasteiger partial charge in [-0.2, -0.15) is 0 Å². The van der Waals surface area contributed by atoms with E-state index in [0.717, 1.165) is 0 Å². The van der Waals surface area contributed by atoms with E-state index in [-0.39, 0.29) is 0 Å². The molecule has 0 unspecified atom stereocenters. The van der Waals surface area contributed by atoms with Gasteiger partial charge in [-0.3, -0.25) is 0 Å². The average molecular weight is 390 g/mol. The van der Waals surface area contributed by atoms with Gasteiger partial charge in [-0.05, 0) is 47.5 Å². The van der Waals surface area contributed by atoms with Crippen molar-refractivity contribution in [3.63, 3.8) is 0 Å². The molecule has 30 heavy (non-hydrogen) atoms. The maximum absolute atomic E-state index is 2.39. The number of fused-ring (bicyclic) bond motifs is 2. The summed E-state index contributed by atoms with van der Waals surface area (Å²) in [5, 5.41) is 5.00. The molecule has 0 bridgehead atoms. The summed E-state index contributed by atoms with van der Waals surface area (Å²) in [5.41, 5.74) is 4.82. The minimum atomic E-state index is 1.17. The predicted octanol–water partition coefficient (Wildman–Crippen LogP) is 8.80. The predicted molar refractivity (Wildman–Crippen MR) is 132 cm³/mol. The fourth-order valence-electron chi connectivity index (χ4n) is 3.98. The molecule has 0 aliphatic rings. The topological polar surface area (TPSA) is 3.24 Å². The summed E-state index contributed by atoms with van der Waals surface area (Å²) >= 11 is 0. The van der Waals surface area contributed by atoms with Crippen LogP contribution < -0.4 is 4.90 Å². The molecular weight excluding hydrogens is 362 g/mol. The molecule has 0 spiro atoms. The van der Waals surface area contributed by atoms with Crippen LogP contribution in [0.5, 0.6) is 0 Å². The van der Waals surface area contributed by atoms with Gasteiger partial charge in [-0.15, -0.1) is 0 Å². The molecule has 1 nitrogen and oxygen atoms in total. The van der Waals surface area contributed by atoms with Crippen LogP contribution in [-0.2, 0) is 0 Å². The van der Waals surface area contributed by atoms with Crippen LogP contribution in [0.1, 0.15) is 19.4 Å². The normalized spacial score (nSPS) is 10.5. The molecule has 0 aliphatic heterocycles. The first kappa shape index (κ1) is 19.7. The summed E-state index contributed by atoms with van der Waals surface area (Å²) in [5.74, 6) is 0. The van der Waals surface area contributed by atoms with Crippen LogP contribution in [0.3, 0.4) is 0 Å². The van der Waals surface area contributed by atoms with E-state index in [4.69, 9.17) is 0 Å². The molecule has 5 aromatic rings. The van der Waals surface area contributed by atoms with E-state index in [0.29, 0.717) is 0 Å². The molecule has 148 valence electrons. The summed E-state index contributed by atoms with van der Waals surface area (Å²) in [6.07, 6.45) is 0. The third-order valence-corrected chi connectivity index (χ3v) is 5.27. The number of anilines is 3. The highest BCUT2D eigenvalue weighted by atomic mass is 15.1. The first-order valence-corrected chi connectivity index (χ1v) is 10.6. The molecule has 0 atom stereocenters. The fourth-order valence-corrected chi connectivity index (χ4v) is 3.98. The van der Waals surface area contributed by atoms with Gasteiger partial charge in [0.05, 0.1) is 11.4 Å². The number of nitrogens with zero attached hydrogens (tertiary/aromatic N) is 1. The summed E-state index contributed by atoms with van der Waals surface area (Å²) < 4.78 is 0. The Bertz CT molecular complexity index is 1200. The van der Waals surface area contributed by atoms with E-state index < -0.39 is 0 Å². The van der Waals surface area contributed by atoms with Crippen molar-refractivity contribution in [2.45, 2.75) is 20.8 Å². The summed E-state index contributed by atoms with van der Waals surface area (Å²) in [6, 6.07) is 39.0. The van der Waals surface area contributed by atoms with Gasteiger partial charge in [-0.1, -0.05) is 98.8 Å². The van der Waals surface area contributed by atoms with Crippen molar-refractivity contribution in [1.82, 2.24) is 0 Å². The molecular formula is C29H27N. The Balaban J connectivity index is 0.00000106. The van der Waals surface area contributed by atoms with Crippen molar-refractivity contribution in [2.24, 2.45) is 0 Å². The van der Waals surface area contributed by atoms with E-state index in [2.05, 4.69) is 121 Å². The van der Waals surface area contributed by atoms with E-state index >= 15 is 0 Å². The lowest BCUT2D eigenvalue weighted by Gasteiger charge is -2.28. The van der Waals surface area contributed by atoms with Gasteiger partial charge in [0.1, 0.15) is 0 Å². The Hall–Kier alpha value is -3.58. The van der Waals surface area contributed by atoms with Gasteiger partial charge in [0.15, 0.2) is 0 Å². The van der Waals surface area contributed by atoms with E-state index in [1.54, 1.807) is 0 Å². The van der Waals surface area contributed by atoms with Gasteiger partial charge < -0.3 is 4.90 Å². The van der Waals surface area contributed by atoms with Crippen molar-refractivity contribution in [3.8, 4) is 0 Å². The Kier molecular flexibility index (Phi) is 5.81. The van der Waals surface area contributed by atoms with Crippen LogP contribution in [0, 0.1) is 6.92 Å². The quantitative estimate of drug-likeness (QED) is 0.298. The Morgan fingerprint density at radius 1 is 0.500 bits per heavy atom. The van der Waals surface area contributed by atoms with Gasteiger partial charge in [0.25, 0.3) is 0 Å². The van der Waals surface area contributed by atoms with Gasteiger partial charge in [0, 0.05) is 16.5 Å². The molecule has 0 aromatic heterocycles. The number of rotatable bonds is 3. The highest BCUT2D eigenvalue weighted by molar-refractivity contribution is 6.04. The second-order valence-corrected chi connectivity index (χ2v) is 7.17. The highest BCUT2D eigenvalue weighted by Crippen LogP contribution is 2.41. The van der Waals surface area contributed by atoms with Crippen LogP contribution in [-0.4, -0.2) is 0 Å². The van der Waals surface area contributed by atoms with Crippen LogP contribution in [0.15, 0.2) is 109 Å². The fraction of sp³-hybridized carbons (Fsp3) is 0.103. The molecule has 5 rings (SSSR count). The highest BCUT2D eigenvalue weighted by Gasteiger charge is 2.17. The second kappa shape index (κ2) is 8.84. The molecule has 0 fully saturated rings. The second-order valence-electron chi connectivity index (χ2n) is 7.17. The average Bonchev–Trinajstić information content (AvgIpc) is 2.81. The van der Waals surface area contributed by atoms with E-state index in [1.165, 1.54) is 44.2 Å². The standard InChI is InChI=1S/C27H21N.C2H6/c1-20-9-6-14-23(19-20)28(26-17-7-12-21-10-2-4-15-24(21)26)27-18-8-13-22-11-3-5-16-25(22)27;1-2/h2-19H,1H3;1-2H3. The lowest BCUT2D eigenvalue weighted by Crippen LogP contribution is -2.11.